The van der Waals surface area contributed by atoms with E-state index in [2.05, 4.69) is 4.90 Å². The molecule has 1 aliphatic heterocycles. The minimum absolute atomic E-state index is 0.0624. The Morgan fingerprint density at radius 2 is 2.04 bits per heavy atom. The van der Waals surface area contributed by atoms with Crippen LogP contribution in [-0.2, 0) is 14.3 Å². The third kappa shape index (κ3) is 3.36. The molecule has 1 heterocycles. The van der Waals surface area contributed by atoms with E-state index in [4.69, 9.17) is 4.74 Å². The van der Waals surface area contributed by atoms with Crippen molar-refractivity contribution >= 4 is 12.3 Å². The number of hydrogen-bond donors (Lipinski definition) is 0. The van der Waals surface area contributed by atoms with Crippen molar-refractivity contribution in [3.63, 3.8) is 0 Å². The largest absolute Gasteiger partial charge is 0.444 e. The van der Waals surface area contributed by atoms with Gasteiger partial charge >= 0.3 is 5.97 Å². The zero-order chi connectivity index (χ0) is 17.2. The van der Waals surface area contributed by atoms with Crippen LogP contribution < -0.4 is 0 Å². The number of benzene rings is 1. The molecule has 0 spiro atoms. The van der Waals surface area contributed by atoms with E-state index in [-0.39, 0.29) is 23.6 Å². The molecule has 0 N–H and O–H groups in total. The number of esters is 1. The Morgan fingerprint density at radius 1 is 1.29 bits per heavy atom. The Kier molecular flexibility index (Phi) is 4.99. The van der Waals surface area contributed by atoms with Crippen LogP contribution in [0.25, 0.3) is 0 Å². The molecule has 1 saturated heterocycles. The number of aldehydes is 1. The normalized spacial score (nSPS) is 26.9. The van der Waals surface area contributed by atoms with Crippen LogP contribution in [0.2, 0.25) is 0 Å². The number of carbonyl (C=O) groups is 2. The maximum absolute atomic E-state index is 13.6. The molecule has 1 aliphatic carbocycles. The molecule has 1 aromatic carbocycles. The van der Waals surface area contributed by atoms with Crippen LogP contribution in [0.3, 0.4) is 0 Å². The van der Waals surface area contributed by atoms with E-state index in [1.807, 2.05) is 6.07 Å². The summed E-state index contributed by atoms with van der Waals surface area (Å²) in [5.74, 6) is -0.842. The molecule has 3 rings (SSSR count). The third-order valence-electron chi connectivity index (χ3n) is 5.36. The lowest BCUT2D eigenvalue weighted by Gasteiger charge is -2.43. The molecule has 0 radical (unpaired) electrons. The van der Waals surface area contributed by atoms with Crippen LogP contribution in [0, 0.1) is 11.7 Å². The van der Waals surface area contributed by atoms with E-state index in [0.717, 1.165) is 44.0 Å². The number of halogens is 1. The summed E-state index contributed by atoms with van der Waals surface area (Å²) in [4.78, 5) is 25.4. The summed E-state index contributed by atoms with van der Waals surface area (Å²) in [6.45, 7) is 2.60. The van der Waals surface area contributed by atoms with Gasteiger partial charge < -0.3 is 9.53 Å². The van der Waals surface area contributed by atoms with Crippen LogP contribution in [0.15, 0.2) is 24.3 Å². The molecule has 1 saturated carbocycles. The Bertz CT molecular complexity index is 612. The number of nitrogens with zero attached hydrogens (tertiary/aromatic N) is 1. The van der Waals surface area contributed by atoms with Gasteiger partial charge in [0.1, 0.15) is 12.1 Å². The molecule has 24 heavy (non-hydrogen) atoms. The van der Waals surface area contributed by atoms with Gasteiger partial charge in [-0.2, -0.15) is 0 Å². The minimum Gasteiger partial charge on any atom is -0.444 e. The fourth-order valence-electron chi connectivity index (χ4n) is 4.24. The Balaban J connectivity index is 1.86. The Morgan fingerprint density at radius 3 is 2.67 bits per heavy atom. The highest BCUT2D eigenvalue weighted by atomic mass is 19.1. The lowest BCUT2D eigenvalue weighted by Crippen LogP contribution is -2.52. The number of carbonyl (C=O) groups excluding carboxylic acids is 2. The van der Waals surface area contributed by atoms with Crippen molar-refractivity contribution in [2.45, 2.75) is 50.7 Å². The van der Waals surface area contributed by atoms with E-state index in [9.17, 15) is 14.0 Å². The van der Waals surface area contributed by atoms with Gasteiger partial charge in [-0.15, -0.1) is 0 Å². The number of likely N-dealkylation sites (tertiary alicyclic amines) is 1. The summed E-state index contributed by atoms with van der Waals surface area (Å²) in [6, 6.07) is 6.46. The second kappa shape index (κ2) is 7.01. The molecule has 0 amide bonds. The molecule has 0 aromatic heterocycles. The van der Waals surface area contributed by atoms with Gasteiger partial charge in [-0.1, -0.05) is 18.6 Å². The molecule has 0 bridgehead atoms. The molecule has 5 heteroatoms. The smallest absolute Gasteiger partial charge is 0.304 e. The summed E-state index contributed by atoms with van der Waals surface area (Å²) in [7, 11) is 0. The molecular formula is C19H24FNO3. The van der Waals surface area contributed by atoms with E-state index in [1.165, 1.54) is 19.1 Å². The predicted molar refractivity (Wildman–Crippen MR) is 87.9 cm³/mol. The van der Waals surface area contributed by atoms with E-state index in [0.29, 0.717) is 13.1 Å². The SMILES string of the molecule is CC(=O)OC1(N2CC(C=O)C(c3cccc(F)c3)C2)CCCCC1. The first-order chi connectivity index (χ1) is 11.5. The molecule has 130 valence electrons. The van der Waals surface area contributed by atoms with Crippen molar-refractivity contribution in [1.29, 1.82) is 0 Å². The maximum atomic E-state index is 13.6. The topological polar surface area (TPSA) is 46.6 Å². The number of ether oxygens (including phenoxy) is 1. The first-order valence-electron chi connectivity index (χ1n) is 8.69. The van der Waals surface area contributed by atoms with E-state index in [1.54, 1.807) is 6.07 Å². The lowest BCUT2D eigenvalue weighted by molar-refractivity contribution is -0.189. The average molecular weight is 333 g/mol. The van der Waals surface area contributed by atoms with Crippen LogP contribution in [0.1, 0.15) is 50.5 Å². The standard InChI is InChI=1S/C19H24FNO3/c1-14(23)24-19(8-3-2-4-9-19)21-11-16(13-22)18(12-21)15-6-5-7-17(20)10-15/h5-7,10,13,16,18H,2-4,8-9,11-12H2,1H3. The fraction of sp³-hybridized carbons (Fsp3) is 0.579. The van der Waals surface area contributed by atoms with Gasteiger partial charge in [0.05, 0.1) is 0 Å². The van der Waals surface area contributed by atoms with Crippen molar-refractivity contribution in [2.75, 3.05) is 13.1 Å². The molecule has 2 fully saturated rings. The fourth-order valence-corrected chi connectivity index (χ4v) is 4.24. The van der Waals surface area contributed by atoms with Gasteiger partial charge in [0.25, 0.3) is 0 Å². The molecular weight excluding hydrogens is 309 g/mol. The zero-order valence-corrected chi connectivity index (χ0v) is 14.0. The van der Waals surface area contributed by atoms with Crippen molar-refractivity contribution in [3.05, 3.63) is 35.6 Å². The van der Waals surface area contributed by atoms with Crippen LogP contribution in [0.5, 0.6) is 0 Å². The number of hydrogen-bond acceptors (Lipinski definition) is 4. The minimum atomic E-state index is -0.604. The molecule has 2 atom stereocenters. The molecule has 2 aliphatic rings. The predicted octanol–water partition coefficient (Wildman–Crippen LogP) is 3.26. The van der Waals surface area contributed by atoms with Gasteiger partial charge in [0.2, 0.25) is 0 Å². The highest BCUT2D eigenvalue weighted by Crippen LogP contribution is 2.42. The monoisotopic (exact) mass is 333 g/mol. The summed E-state index contributed by atoms with van der Waals surface area (Å²) in [5.41, 5.74) is 0.233. The summed E-state index contributed by atoms with van der Waals surface area (Å²) < 4.78 is 19.3. The molecule has 1 aromatic rings. The first kappa shape index (κ1) is 17.1. The Labute approximate surface area is 142 Å². The highest BCUT2D eigenvalue weighted by molar-refractivity contribution is 5.66. The van der Waals surface area contributed by atoms with Gasteiger partial charge in [-0.25, -0.2) is 4.39 Å². The van der Waals surface area contributed by atoms with E-state index >= 15 is 0 Å². The van der Waals surface area contributed by atoms with Crippen LogP contribution in [0.4, 0.5) is 4.39 Å². The summed E-state index contributed by atoms with van der Waals surface area (Å²) >= 11 is 0. The van der Waals surface area contributed by atoms with Crippen molar-refractivity contribution in [3.8, 4) is 0 Å². The molecule has 4 nitrogen and oxygen atoms in total. The zero-order valence-electron chi connectivity index (χ0n) is 14.0. The van der Waals surface area contributed by atoms with Gasteiger partial charge in [-0.05, 0) is 30.5 Å². The summed E-state index contributed by atoms with van der Waals surface area (Å²) in [6.07, 6.45) is 5.73. The van der Waals surface area contributed by atoms with Crippen molar-refractivity contribution in [1.82, 2.24) is 4.90 Å². The highest BCUT2D eigenvalue weighted by Gasteiger charge is 2.47. The third-order valence-corrected chi connectivity index (χ3v) is 5.36. The second-order valence-corrected chi connectivity index (χ2v) is 6.97. The lowest BCUT2D eigenvalue weighted by atomic mass is 9.89. The quantitative estimate of drug-likeness (QED) is 0.627. The first-order valence-corrected chi connectivity index (χ1v) is 8.69. The number of rotatable bonds is 4. The van der Waals surface area contributed by atoms with E-state index < -0.39 is 5.72 Å². The van der Waals surface area contributed by atoms with Crippen LogP contribution >= 0.6 is 0 Å². The van der Waals surface area contributed by atoms with Crippen molar-refractivity contribution in [2.24, 2.45) is 5.92 Å². The van der Waals surface area contributed by atoms with Gasteiger partial charge in [-0.3, -0.25) is 9.69 Å². The van der Waals surface area contributed by atoms with Crippen molar-refractivity contribution < 1.29 is 18.7 Å². The maximum Gasteiger partial charge on any atom is 0.304 e. The van der Waals surface area contributed by atoms with Crippen LogP contribution in [-0.4, -0.2) is 36.0 Å². The summed E-state index contributed by atoms with van der Waals surface area (Å²) in [5, 5.41) is 0. The second-order valence-electron chi connectivity index (χ2n) is 6.97. The Hall–Kier alpha value is -1.75. The molecule has 2 unspecified atom stereocenters. The van der Waals surface area contributed by atoms with Gasteiger partial charge in [0, 0.05) is 44.7 Å². The van der Waals surface area contributed by atoms with Gasteiger partial charge in [0.15, 0.2) is 5.72 Å². The average Bonchev–Trinajstić information content (AvgIpc) is 3.00.